The highest BCUT2D eigenvalue weighted by molar-refractivity contribution is 6.32. The van der Waals surface area contributed by atoms with Gasteiger partial charge in [-0.15, -0.1) is 0 Å². The van der Waals surface area contributed by atoms with Gasteiger partial charge >= 0.3 is 11.8 Å². The van der Waals surface area contributed by atoms with Crippen molar-refractivity contribution in [3.63, 3.8) is 0 Å². The molecule has 0 bridgehead atoms. The molecule has 2 aromatic carbocycles. The zero-order chi connectivity index (χ0) is 29.4. The number of nitrogens with one attached hydrogen (secondary N) is 1. The number of hydrogen-bond donors (Lipinski definition) is 2. The molecular weight excluding hydrogens is 538 g/mol. The summed E-state index contributed by atoms with van der Waals surface area (Å²) in [6.07, 6.45) is 6.29. The standard InChI is InChI=1S/C28H29ClF2N4O3.C2H6/c1-4-17(2)22-12-20(13-23(29)24(22)36)25-33-26(38-34-25)27(37)35(16-19-8-6-10-32-14-19)15-18-7-5-9-21(11-18)28(3,30)31;1-2/h5-13,17,32,36H,4,14-16H2,1-3H3;1-2H3. The zero-order valence-electron chi connectivity index (χ0n) is 23.3. The van der Waals surface area contributed by atoms with Crippen molar-refractivity contribution in [1.29, 1.82) is 0 Å². The van der Waals surface area contributed by atoms with Crippen molar-refractivity contribution in [1.82, 2.24) is 20.4 Å². The minimum absolute atomic E-state index is 0.000889. The van der Waals surface area contributed by atoms with E-state index in [1.807, 2.05) is 39.8 Å². The Hall–Kier alpha value is -3.72. The first kappa shape index (κ1) is 30.8. The molecule has 2 heterocycles. The van der Waals surface area contributed by atoms with Crippen LogP contribution in [0, 0.1) is 0 Å². The molecule has 1 atom stereocenters. The summed E-state index contributed by atoms with van der Waals surface area (Å²) in [5, 5.41) is 17.6. The van der Waals surface area contributed by atoms with Gasteiger partial charge in [0, 0.05) is 37.7 Å². The summed E-state index contributed by atoms with van der Waals surface area (Å²) in [5.74, 6) is -3.61. The Morgan fingerprint density at radius 2 is 2.00 bits per heavy atom. The summed E-state index contributed by atoms with van der Waals surface area (Å²) in [6, 6.07) is 9.23. The summed E-state index contributed by atoms with van der Waals surface area (Å²) in [7, 11) is 0. The van der Waals surface area contributed by atoms with E-state index in [0.717, 1.165) is 18.9 Å². The number of phenols is 1. The maximum atomic E-state index is 13.9. The number of nitrogens with zero attached hydrogens (tertiary/aromatic N) is 3. The molecule has 10 heteroatoms. The molecule has 3 aromatic rings. The fraction of sp³-hybridized carbons (Fsp3) is 0.367. The highest BCUT2D eigenvalue weighted by Crippen LogP contribution is 2.37. The van der Waals surface area contributed by atoms with E-state index in [1.54, 1.807) is 24.4 Å². The molecule has 1 aliphatic rings. The number of benzene rings is 2. The molecule has 1 aromatic heterocycles. The van der Waals surface area contributed by atoms with Crippen LogP contribution in [0.5, 0.6) is 5.75 Å². The van der Waals surface area contributed by atoms with Gasteiger partial charge in [0.25, 0.3) is 5.92 Å². The number of phenolic OH excluding ortho intramolecular Hbond substituents is 1. The van der Waals surface area contributed by atoms with Crippen molar-refractivity contribution in [2.75, 3.05) is 13.1 Å². The Kier molecular flexibility index (Phi) is 10.5. The Labute approximate surface area is 238 Å². The number of aromatic hydroxyl groups is 1. The summed E-state index contributed by atoms with van der Waals surface area (Å²) >= 11 is 6.25. The van der Waals surface area contributed by atoms with Gasteiger partial charge in [-0.3, -0.25) is 4.79 Å². The lowest BCUT2D eigenvalue weighted by molar-refractivity contribution is 0.0173. The number of amides is 1. The molecule has 4 rings (SSSR count). The Bertz CT molecular complexity index is 1380. The van der Waals surface area contributed by atoms with E-state index in [-0.39, 0.29) is 47.1 Å². The second-order valence-corrected chi connectivity index (χ2v) is 9.85. The first-order chi connectivity index (χ1) is 19.1. The first-order valence-corrected chi connectivity index (χ1v) is 13.7. The predicted molar refractivity (Wildman–Crippen MR) is 152 cm³/mol. The van der Waals surface area contributed by atoms with Crippen molar-refractivity contribution in [2.45, 2.75) is 59.4 Å². The lowest BCUT2D eigenvalue weighted by Crippen LogP contribution is -2.34. The third-order valence-electron chi connectivity index (χ3n) is 6.47. The zero-order valence-corrected chi connectivity index (χ0v) is 24.1. The number of carbonyl (C=O) groups is 1. The fourth-order valence-corrected chi connectivity index (χ4v) is 4.35. The number of dihydropyridines is 1. The SMILES string of the molecule is CC.CCC(C)c1cc(-c2noc(C(=O)N(CC3=CC=CNC3)Cc3cccc(C(C)(F)F)c3)n2)cc(Cl)c1O. The number of alkyl halides is 2. The van der Waals surface area contributed by atoms with Crippen LogP contribution in [0.1, 0.15) is 74.3 Å². The van der Waals surface area contributed by atoms with Crippen molar-refractivity contribution < 1.29 is 23.2 Å². The van der Waals surface area contributed by atoms with Gasteiger partial charge in [-0.25, -0.2) is 8.78 Å². The number of rotatable bonds is 9. The monoisotopic (exact) mass is 572 g/mol. The largest absolute Gasteiger partial charge is 0.506 e. The Balaban J connectivity index is 0.00000216. The van der Waals surface area contributed by atoms with Crippen LogP contribution in [0.15, 0.2) is 64.8 Å². The second-order valence-electron chi connectivity index (χ2n) is 9.44. The molecular formula is C30H35ClF2N4O3. The number of halogens is 3. The molecule has 0 aliphatic carbocycles. The maximum absolute atomic E-state index is 13.9. The van der Waals surface area contributed by atoms with E-state index in [1.165, 1.54) is 23.1 Å². The smallest absolute Gasteiger partial charge is 0.316 e. The van der Waals surface area contributed by atoms with Crippen molar-refractivity contribution in [3.05, 3.63) is 87.9 Å². The van der Waals surface area contributed by atoms with Crippen LogP contribution in [-0.4, -0.2) is 39.1 Å². The third-order valence-corrected chi connectivity index (χ3v) is 6.76. The van der Waals surface area contributed by atoms with Crippen LogP contribution in [0.3, 0.4) is 0 Å². The number of carbonyl (C=O) groups excluding carboxylic acids is 1. The van der Waals surface area contributed by atoms with Gasteiger partial charge in [0.2, 0.25) is 5.82 Å². The quantitative estimate of drug-likeness (QED) is 0.277. The Morgan fingerprint density at radius 1 is 1.25 bits per heavy atom. The van der Waals surface area contributed by atoms with Gasteiger partial charge < -0.3 is 19.8 Å². The van der Waals surface area contributed by atoms with Crippen LogP contribution in [0.2, 0.25) is 5.02 Å². The molecule has 0 radical (unpaired) electrons. The molecule has 0 saturated carbocycles. The normalized spacial score (nSPS) is 13.6. The van der Waals surface area contributed by atoms with Crippen LogP contribution >= 0.6 is 11.6 Å². The van der Waals surface area contributed by atoms with Gasteiger partial charge in [0.05, 0.1) is 5.02 Å². The molecule has 0 fully saturated rings. The molecule has 40 heavy (non-hydrogen) atoms. The minimum atomic E-state index is -3.01. The molecule has 1 amide bonds. The summed E-state index contributed by atoms with van der Waals surface area (Å²) in [4.78, 5) is 19.3. The van der Waals surface area contributed by atoms with E-state index in [4.69, 9.17) is 16.1 Å². The molecule has 2 N–H and O–H groups in total. The van der Waals surface area contributed by atoms with E-state index in [0.29, 0.717) is 23.2 Å². The van der Waals surface area contributed by atoms with Crippen molar-refractivity contribution >= 4 is 17.5 Å². The maximum Gasteiger partial charge on any atom is 0.316 e. The van der Waals surface area contributed by atoms with Gasteiger partial charge in [-0.05, 0) is 59.5 Å². The van der Waals surface area contributed by atoms with Gasteiger partial charge in [-0.2, -0.15) is 4.98 Å². The fourth-order valence-electron chi connectivity index (χ4n) is 4.13. The van der Waals surface area contributed by atoms with Crippen LogP contribution < -0.4 is 5.32 Å². The average molecular weight is 573 g/mol. The highest BCUT2D eigenvalue weighted by Gasteiger charge is 2.27. The van der Waals surface area contributed by atoms with Crippen molar-refractivity contribution in [2.24, 2.45) is 0 Å². The second kappa shape index (κ2) is 13.6. The number of aromatic nitrogens is 2. The lowest BCUT2D eigenvalue weighted by Gasteiger charge is -2.24. The van der Waals surface area contributed by atoms with Crippen LogP contribution in [0.4, 0.5) is 8.78 Å². The van der Waals surface area contributed by atoms with Gasteiger partial charge in [0.15, 0.2) is 0 Å². The molecule has 7 nitrogen and oxygen atoms in total. The molecule has 1 aliphatic heterocycles. The van der Waals surface area contributed by atoms with Crippen molar-refractivity contribution in [3.8, 4) is 17.1 Å². The third kappa shape index (κ3) is 7.47. The predicted octanol–water partition coefficient (Wildman–Crippen LogP) is 7.43. The van der Waals surface area contributed by atoms with E-state index < -0.39 is 11.8 Å². The lowest BCUT2D eigenvalue weighted by atomic mass is 9.95. The van der Waals surface area contributed by atoms with Gasteiger partial charge in [-0.1, -0.05) is 68.7 Å². The molecule has 214 valence electrons. The summed E-state index contributed by atoms with van der Waals surface area (Å²) < 4.78 is 33.2. The topological polar surface area (TPSA) is 91.5 Å². The van der Waals surface area contributed by atoms with Gasteiger partial charge in [0.1, 0.15) is 5.75 Å². The molecule has 1 unspecified atom stereocenters. The summed E-state index contributed by atoms with van der Waals surface area (Å²) in [5.41, 5.74) is 2.47. The average Bonchev–Trinajstić information content (AvgIpc) is 3.45. The van der Waals surface area contributed by atoms with E-state index >= 15 is 0 Å². The van der Waals surface area contributed by atoms with E-state index in [9.17, 15) is 18.7 Å². The van der Waals surface area contributed by atoms with Crippen LogP contribution in [-0.2, 0) is 12.5 Å². The first-order valence-electron chi connectivity index (χ1n) is 13.3. The molecule has 0 spiro atoms. The minimum Gasteiger partial charge on any atom is -0.506 e. The highest BCUT2D eigenvalue weighted by atomic mass is 35.5. The summed E-state index contributed by atoms with van der Waals surface area (Å²) in [6.45, 7) is 9.61. The van der Waals surface area contributed by atoms with E-state index in [2.05, 4.69) is 15.5 Å². The van der Waals surface area contributed by atoms with Crippen LogP contribution in [0.25, 0.3) is 11.4 Å². The Morgan fingerprint density at radius 3 is 2.65 bits per heavy atom. The number of hydrogen-bond acceptors (Lipinski definition) is 6. The molecule has 0 saturated heterocycles. The number of allylic oxidation sites excluding steroid dienone is 2.